The molecule has 1 aliphatic heterocycles. The van der Waals surface area contributed by atoms with E-state index >= 15 is 0 Å². The number of aromatic nitrogens is 2. The lowest BCUT2D eigenvalue weighted by atomic mass is 9.95. The number of rotatable bonds is 3. The van der Waals surface area contributed by atoms with Crippen molar-refractivity contribution in [3.05, 3.63) is 54.0 Å². The normalized spacial score (nSPS) is 19.7. The highest BCUT2D eigenvalue weighted by atomic mass is 15.2. The maximum absolute atomic E-state index is 4.80. The maximum Gasteiger partial charge on any atom is 0.135 e. The lowest BCUT2D eigenvalue weighted by Gasteiger charge is -2.33. The summed E-state index contributed by atoms with van der Waals surface area (Å²) in [6.45, 7) is 2.33. The van der Waals surface area contributed by atoms with Gasteiger partial charge in [-0.3, -0.25) is 0 Å². The molecule has 3 heteroatoms. The molecule has 3 nitrogen and oxygen atoms in total. The molecule has 0 bridgehead atoms. The third-order valence-electron chi connectivity index (χ3n) is 4.84. The Kier molecular flexibility index (Phi) is 3.13. The zero-order valence-electron chi connectivity index (χ0n) is 12.3. The van der Waals surface area contributed by atoms with Gasteiger partial charge >= 0.3 is 0 Å². The van der Waals surface area contributed by atoms with Crippen LogP contribution in [-0.2, 0) is 6.42 Å². The second kappa shape index (κ2) is 5.14. The minimum Gasteiger partial charge on any atom is -0.356 e. The predicted octanol–water partition coefficient (Wildman–Crippen LogP) is 3.45. The highest BCUT2D eigenvalue weighted by molar-refractivity contribution is 5.39. The van der Waals surface area contributed by atoms with Gasteiger partial charge in [0.25, 0.3) is 0 Å². The Morgan fingerprint density at radius 1 is 1.05 bits per heavy atom. The van der Waals surface area contributed by atoms with Crippen molar-refractivity contribution >= 4 is 5.82 Å². The summed E-state index contributed by atoms with van der Waals surface area (Å²) in [7, 11) is 0. The van der Waals surface area contributed by atoms with Crippen molar-refractivity contribution in [3.63, 3.8) is 0 Å². The van der Waals surface area contributed by atoms with E-state index in [1.165, 1.54) is 37.8 Å². The van der Waals surface area contributed by atoms with Gasteiger partial charge in [-0.15, -0.1) is 0 Å². The van der Waals surface area contributed by atoms with Crippen molar-refractivity contribution in [3.8, 4) is 0 Å². The fraction of sp³-hybridized carbons (Fsp3) is 0.444. The Labute approximate surface area is 126 Å². The minimum atomic E-state index is 0.628. The first kappa shape index (κ1) is 12.8. The van der Waals surface area contributed by atoms with E-state index in [9.17, 15) is 0 Å². The number of hydrogen-bond donors (Lipinski definition) is 0. The van der Waals surface area contributed by atoms with Crippen LogP contribution in [0.1, 0.15) is 37.1 Å². The van der Waals surface area contributed by atoms with Crippen molar-refractivity contribution in [2.24, 2.45) is 5.41 Å². The van der Waals surface area contributed by atoms with Crippen molar-refractivity contribution in [1.82, 2.24) is 9.97 Å². The number of hydrogen-bond acceptors (Lipinski definition) is 3. The van der Waals surface area contributed by atoms with E-state index in [0.717, 1.165) is 24.6 Å². The van der Waals surface area contributed by atoms with Gasteiger partial charge in [0.05, 0.1) is 0 Å². The van der Waals surface area contributed by atoms with E-state index in [1.807, 2.05) is 12.3 Å². The zero-order chi connectivity index (χ0) is 14.1. The summed E-state index contributed by atoms with van der Waals surface area (Å²) in [6, 6.07) is 12.5. The summed E-state index contributed by atoms with van der Waals surface area (Å²) in [5, 5.41) is 0. The Balaban J connectivity index is 1.52. The van der Waals surface area contributed by atoms with Crippen LogP contribution in [0.25, 0.3) is 0 Å². The minimum absolute atomic E-state index is 0.628. The van der Waals surface area contributed by atoms with Crippen molar-refractivity contribution in [1.29, 1.82) is 0 Å². The van der Waals surface area contributed by atoms with Crippen LogP contribution in [0.4, 0.5) is 5.82 Å². The topological polar surface area (TPSA) is 29.0 Å². The molecule has 0 N–H and O–H groups in total. The molecule has 2 aromatic rings. The summed E-state index contributed by atoms with van der Waals surface area (Å²) in [4.78, 5) is 11.7. The van der Waals surface area contributed by atoms with Crippen LogP contribution >= 0.6 is 0 Å². The molecule has 1 aromatic carbocycles. The van der Waals surface area contributed by atoms with Gasteiger partial charge in [0.15, 0.2) is 0 Å². The van der Waals surface area contributed by atoms with E-state index in [-0.39, 0.29) is 0 Å². The standard InChI is InChI=1S/C18H21N3/c1-2-5-15(6-3-1)13-16-19-11-7-17(20-16)21-12-4-8-18(14-21)9-10-18/h1-3,5-7,11H,4,8-10,12-14H2. The van der Waals surface area contributed by atoms with Gasteiger partial charge in [0.2, 0.25) is 0 Å². The van der Waals surface area contributed by atoms with Crippen molar-refractivity contribution in [2.45, 2.75) is 32.1 Å². The summed E-state index contributed by atoms with van der Waals surface area (Å²) >= 11 is 0. The number of nitrogens with zero attached hydrogens (tertiary/aromatic N) is 3. The van der Waals surface area contributed by atoms with Gasteiger partial charge < -0.3 is 4.90 Å². The summed E-state index contributed by atoms with van der Waals surface area (Å²) < 4.78 is 0. The van der Waals surface area contributed by atoms with E-state index < -0.39 is 0 Å². The molecule has 108 valence electrons. The predicted molar refractivity (Wildman–Crippen MR) is 84.4 cm³/mol. The fourth-order valence-electron chi connectivity index (χ4n) is 3.42. The third-order valence-corrected chi connectivity index (χ3v) is 4.84. The second-order valence-corrected chi connectivity index (χ2v) is 6.52. The summed E-state index contributed by atoms with van der Waals surface area (Å²) in [6.07, 6.45) is 8.25. The van der Waals surface area contributed by atoms with Crippen LogP contribution in [0, 0.1) is 5.41 Å². The lowest BCUT2D eigenvalue weighted by Crippen LogP contribution is -2.37. The third kappa shape index (κ3) is 2.78. The van der Waals surface area contributed by atoms with Crippen LogP contribution in [0.3, 0.4) is 0 Å². The van der Waals surface area contributed by atoms with Gasteiger partial charge in [-0.2, -0.15) is 0 Å². The highest BCUT2D eigenvalue weighted by Gasteiger charge is 2.45. The van der Waals surface area contributed by atoms with Crippen LogP contribution in [-0.4, -0.2) is 23.1 Å². The van der Waals surface area contributed by atoms with E-state index in [0.29, 0.717) is 5.41 Å². The molecule has 2 heterocycles. The molecule has 1 aliphatic carbocycles. The molecule has 2 fully saturated rings. The van der Waals surface area contributed by atoms with Crippen LogP contribution in [0.2, 0.25) is 0 Å². The monoisotopic (exact) mass is 279 g/mol. The first-order chi connectivity index (χ1) is 10.3. The summed E-state index contributed by atoms with van der Waals surface area (Å²) in [5.74, 6) is 2.04. The first-order valence-corrected chi connectivity index (χ1v) is 7.94. The van der Waals surface area contributed by atoms with E-state index in [4.69, 9.17) is 4.98 Å². The SMILES string of the molecule is c1ccc(Cc2nccc(N3CCCC4(CC4)C3)n2)cc1. The Hall–Kier alpha value is -1.90. The highest BCUT2D eigenvalue weighted by Crippen LogP contribution is 2.52. The lowest BCUT2D eigenvalue weighted by molar-refractivity contribution is 0.393. The molecule has 21 heavy (non-hydrogen) atoms. The number of piperidine rings is 1. The van der Waals surface area contributed by atoms with E-state index in [2.05, 4.69) is 40.2 Å². The van der Waals surface area contributed by atoms with Gasteiger partial charge in [0.1, 0.15) is 11.6 Å². The zero-order valence-corrected chi connectivity index (χ0v) is 12.3. The molecule has 4 rings (SSSR count). The number of benzene rings is 1. The molecular formula is C18H21N3. The van der Waals surface area contributed by atoms with Crippen LogP contribution in [0.5, 0.6) is 0 Å². The molecule has 0 radical (unpaired) electrons. The van der Waals surface area contributed by atoms with Crippen molar-refractivity contribution in [2.75, 3.05) is 18.0 Å². The van der Waals surface area contributed by atoms with Gasteiger partial charge in [-0.05, 0) is 42.7 Å². The molecule has 1 spiro atoms. The molecule has 1 aromatic heterocycles. The molecule has 2 aliphatic rings. The molecule has 0 atom stereocenters. The van der Waals surface area contributed by atoms with E-state index in [1.54, 1.807) is 0 Å². The Morgan fingerprint density at radius 3 is 2.71 bits per heavy atom. The smallest absolute Gasteiger partial charge is 0.135 e. The second-order valence-electron chi connectivity index (χ2n) is 6.52. The average Bonchev–Trinajstić information content (AvgIpc) is 3.27. The van der Waals surface area contributed by atoms with Crippen LogP contribution < -0.4 is 4.90 Å². The number of anilines is 1. The molecule has 1 saturated heterocycles. The molecular weight excluding hydrogens is 258 g/mol. The van der Waals surface area contributed by atoms with Crippen LogP contribution in [0.15, 0.2) is 42.6 Å². The van der Waals surface area contributed by atoms with Gasteiger partial charge in [-0.25, -0.2) is 9.97 Å². The van der Waals surface area contributed by atoms with Gasteiger partial charge in [0, 0.05) is 25.7 Å². The van der Waals surface area contributed by atoms with Gasteiger partial charge in [-0.1, -0.05) is 30.3 Å². The Bertz CT molecular complexity index is 619. The quantitative estimate of drug-likeness (QED) is 0.861. The molecule has 0 unspecified atom stereocenters. The fourth-order valence-corrected chi connectivity index (χ4v) is 3.42. The molecule has 0 amide bonds. The Morgan fingerprint density at radius 2 is 1.90 bits per heavy atom. The largest absolute Gasteiger partial charge is 0.356 e. The average molecular weight is 279 g/mol. The molecule has 1 saturated carbocycles. The van der Waals surface area contributed by atoms with Crippen molar-refractivity contribution < 1.29 is 0 Å². The maximum atomic E-state index is 4.80. The summed E-state index contributed by atoms with van der Waals surface area (Å²) in [5.41, 5.74) is 1.90. The first-order valence-electron chi connectivity index (χ1n) is 7.94.